The molecule has 38 valence electrons. The summed E-state index contributed by atoms with van der Waals surface area (Å²) < 4.78 is 11.6. The molecule has 0 fully saturated rings. The molecule has 1 N–H and O–H groups in total. The molecular formula is C4H10FN. The Balaban J connectivity index is 2.63. The highest BCUT2D eigenvalue weighted by atomic mass is 19.1. The molecule has 0 heterocycles. The molecule has 0 bridgehead atoms. The van der Waals surface area contributed by atoms with E-state index in [1.54, 1.807) is 7.05 Å². The zero-order chi connectivity index (χ0) is 4.99. The highest BCUT2D eigenvalue weighted by molar-refractivity contribution is 4.45. The predicted octanol–water partition coefficient (Wildman–Crippen LogP) is 0.564. The molecule has 0 unspecified atom stereocenters. The second-order valence-electron chi connectivity index (χ2n) is 1.34. The Hall–Kier alpha value is -0.110. The second-order valence-corrected chi connectivity index (χ2v) is 1.34. The van der Waals surface area contributed by atoms with Crippen molar-refractivity contribution in [3.8, 4) is 0 Å². The summed E-state index contributed by atoms with van der Waals surface area (Å²) >= 11 is 0. The molecule has 0 aromatic carbocycles. The van der Waals surface area contributed by atoms with Crippen LogP contribution in [0.25, 0.3) is 0 Å². The summed E-state index contributed by atoms with van der Waals surface area (Å²) in [6.07, 6.45) is -0.713. The van der Waals surface area contributed by atoms with E-state index in [1.807, 2.05) is 0 Å². The second kappa shape index (κ2) is 3.09. The monoisotopic (exact) mass is 91.1 g/mol. The Kier molecular flexibility index (Phi) is 3.04. The van der Waals surface area contributed by atoms with Crippen molar-refractivity contribution in [2.75, 3.05) is 13.6 Å². The van der Waals surface area contributed by atoms with Crippen molar-refractivity contribution < 1.29 is 4.39 Å². The van der Waals surface area contributed by atoms with E-state index >= 15 is 0 Å². The average molecular weight is 91.1 g/mol. The van der Waals surface area contributed by atoms with Crippen molar-refractivity contribution >= 4 is 0 Å². The first-order valence-corrected chi connectivity index (χ1v) is 2.06. The molecule has 0 aliphatic rings. The molecule has 0 rings (SSSR count). The van der Waals surface area contributed by atoms with Crippen LogP contribution in [0, 0.1) is 0 Å². The Morgan fingerprint density at radius 3 is 2.33 bits per heavy atom. The Morgan fingerprint density at radius 2 is 2.33 bits per heavy atom. The molecule has 2 heteroatoms. The maximum absolute atomic E-state index is 11.6. The lowest BCUT2D eigenvalue weighted by Crippen LogP contribution is -2.16. The highest BCUT2D eigenvalue weighted by Crippen LogP contribution is 1.80. The van der Waals surface area contributed by atoms with Crippen molar-refractivity contribution in [1.82, 2.24) is 5.32 Å². The lowest BCUT2D eigenvalue weighted by molar-refractivity contribution is 0.353. The first-order valence-electron chi connectivity index (χ1n) is 2.06. The predicted molar refractivity (Wildman–Crippen MR) is 24.5 cm³/mol. The topological polar surface area (TPSA) is 12.0 Å². The molecule has 1 atom stereocenters. The molecule has 0 aromatic rings. The smallest absolute Gasteiger partial charge is 0.110 e. The van der Waals surface area contributed by atoms with Gasteiger partial charge in [0.1, 0.15) is 6.17 Å². The molecule has 0 aliphatic carbocycles. The number of rotatable bonds is 2. The van der Waals surface area contributed by atoms with Gasteiger partial charge in [-0.2, -0.15) is 0 Å². The maximum Gasteiger partial charge on any atom is 0.110 e. The van der Waals surface area contributed by atoms with Gasteiger partial charge in [0.15, 0.2) is 0 Å². The van der Waals surface area contributed by atoms with Crippen molar-refractivity contribution in [1.29, 1.82) is 0 Å². The highest BCUT2D eigenvalue weighted by Gasteiger charge is 1.89. The summed E-state index contributed by atoms with van der Waals surface area (Å²) in [6.45, 7) is 1.98. The molecule has 0 aliphatic heterocycles. The molecule has 0 radical (unpaired) electrons. The van der Waals surface area contributed by atoms with Gasteiger partial charge in [-0.1, -0.05) is 0 Å². The SMILES string of the molecule is CNC[C@@H](C)F. The van der Waals surface area contributed by atoms with Crippen molar-refractivity contribution in [3.05, 3.63) is 0 Å². The minimum Gasteiger partial charge on any atom is -0.317 e. The van der Waals surface area contributed by atoms with E-state index < -0.39 is 6.17 Å². The lowest BCUT2D eigenvalue weighted by atomic mass is 10.4. The van der Waals surface area contributed by atoms with Gasteiger partial charge in [-0.15, -0.1) is 0 Å². The van der Waals surface area contributed by atoms with Crippen LogP contribution in [-0.4, -0.2) is 19.8 Å². The molecule has 0 saturated heterocycles. The van der Waals surface area contributed by atoms with E-state index in [2.05, 4.69) is 5.32 Å². The van der Waals surface area contributed by atoms with Crippen LogP contribution in [0.2, 0.25) is 0 Å². The Labute approximate surface area is 37.5 Å². The minimum absolute atomic E-state index is 0.458. The van der Waals surface area contributed by atoms with E-state index in [0.29, 0.717) is 6.54 Å². The summed E-state index contributed by atoms with van der Waals surface area (Å²) in [7, 11) is 1.73. The third-order valence-electron chi connectivity index (χ3n) is 0.485. The van der Waals surface area contributed by atoms with Crippen LogP contribution in [-0.2, 0) is 0 Å². The van der Waals surface area contributed by atoms with Gasteiger partial charge in [-0.25, -0.2) is 4.39 Å². The van der Waals surface area contributed by atoms with E-state index in [-0.39, 0.29) is 0 Å². The average Bonchev–Trinajstić information content (AvgIpc) is 1.35. The van der Waals surface area contributed by atoms with Crippen molar-refractivity contribution in [2.45, 2.75) is 13.1 Å². The van der Waals surface area contributed by atoms with Gasteiger partial charge in [-0.3, -0.25) is 0 Å². The molecule has 6 heavy (non-hydrogen) atoms. The van der Waals surface area contributed by atoms with E-state index in [1.165, 1.54) is 6.92 Å². The van der Waals surface area contributed by atoms with E-state index in [4.69, 9.17) is 0 Å². The van der Waals surface area contributed by atoms with Crippen molar-refractivity contribution in [2.24, 2.45) is 0 Å². The molecule has 0 aromatic heterocycles. The number of nitrogens with one attached hydrogen (secondary N) is 1. The zero-order valence-electron chi connectivity index (χ0n) is 4.16. The molecule has 0 amide bonds. The van der Waals surface area contributed by atoms with Crippen LogP contribution < -0.4 is 5.32 Å². The van der Waals surface area contributed by atoms with Gasteiger partial charge in [0.2, 0.25) is 0 Å². The van der Waals surface area contributed by atoms with Crippen molar-refractivity contribution in [3.63, 3.8) is 0 Å². The fourth-order valence-corrected chi connectivity index (χ4v) is 0.281. The van der Waals surface area contributed by atoms with Crippen LogP contribution in [0.4, 0.5) is 4.39 Å². The summed E-state index contributed by atoms with van der Waals surface area (Å²) in [5, 5.41) is 2.69. The number of halogens is 1. The first-order chi connectivity index (χ1) is 2.77. The Morgan fingerprint density at radius 1 is 1.83 bits per heavy atom. The van der Waals surface area contributed by atoms with Crippen LogP contribution in [0.15, 0.2) is 0 Å². The molecule has 1 nitrogen and oxygen atoms in total. The fraction of sp³-hybridized carbons (Fsp3) is 1.00. The van der Waals surface area contributed by atoms with Gasteiger partial charge < -0.3 is 5.32 Å². The zero-order valence-corrected chi connectivity index (χ0v) is 4.16. The van der Waals surface area contributed by atoms with Gasteiger partial charge in [-0.05, 0) is 14.0 Å². The van der Waals surface area contributed by atoms with Gasteiger partial charge in [0, 0.05) is 6.54 Å². The van der Waals surface area contributed by atoms with Crippen LogP contribution >= 0.6 is 0 Å². The largest absolute Gasteiger partial charge is 0.317 e. The Bertz CT molecular complexity index is 28.7. The molecule has 0 saturated carbocycles. The number of hydrogen-bond donors (Lipinski definition) is 1. The summed E-state index contributed by atoms with van der Waals surface area (Å²) in [6, 6.07) is 0. The van der Waals surface area contributed by atoms with Gasteiger partial charge in [0.05, 0.1) is 0 Å². The number of hydrogen-bond acceptors (Lipinski definition) is 1. The summed E-state index contributed by atoms with van der Waals surface area (Å²) in [5.74, 6) is 0. The minimum atomic E-state index is -0.713. The molecule has 0 spiro atoms. The third kappa shape index (κ3) is 3.89. The van der Waals surface area contributed by atoms with Crippen LogP contribution in [0.5, 0.6) is 0 Å². The summed E-state index contributed by atoms with van der Waals surface area (Å²) in [5.41, 5.74) is 0. The van der Waals surface area contributed by atoms with Crippen LogP contribution in [0.1, 0.15) is 6.92 Å². The third-order valence-corrected chi connectivity index (χ3v) is 0.485. The summed E-state index contributed by atoms with van der Waals surface area (Å²) in [4.78, 5) is 0. The first kappa shape index (κ1) is 5.89. The fourth-order valence-electron chi connectivity index (χ4n) is 0.281. The quantitative estimate of drug-likeness (QED) is 0.523. The number of alkyl halides is 1. The van der Waals surface area contributed by atoms with E-state index in [0.717, 1.165) is 0 Å². The standard InChI is InChI=1S/C4H10FN/c1-4(5)3-6-2/h4,6H,3H2,1-2H3/t4-/m1/s1. The lowest BCUT2D eigenvalue weighted by Gasteiger charge is -1.94. The van der Waals surface area contributed by atoms with Gasteiger partial charge in [0.25, 0.3) is 0 Å². The normalized spacial score (nSPS) is 14.5. The van der Waals surface area contributed by atoms with Gasteiger partial charge >= 0.3 is 0 Å². The van der Waals surface area contributed by atoms with Crippen LogP contribution in [0.3, 0.4) is 0 Å². The molecular weight excluding hydrogens is 81.0 g/mol. The van der Waals surface area contributed by atoms with E-state index in [9.17, 15) is 4.39 Å². The maximum atomic E-state index is 11.6.